The van der Waals surface area contributed by atoms with Crippen LogP contribution < -0.4 is 5.32 Å². The molecule has 0 atom stereocenters. The van der Waals surface area contributed by atoms with E-state index in [1.807, 2.05) is 0 Å². The SMILES string of the molecule is OCCOCCNCc1ccc(-c2ccc(Br)cc2)s1. The van der Waals surface area contributed by atoms with E-state index in [2.05, 4.69) is 57.6 Å². The van der Waals surface area contributed by atoms with E-state index < -0.39 is 0 Å². The minimum Gasteiger partial charge on any atom is -0.394 e. The van der Waals surface area contributed by atoms with Crippen LogP contribution in [0.4, 0.5) is 0 Å². The van der Waals surface area contributed by atoms with Crippen LogP contribution in [0.2, 0.25) is 0 Å². The normalized spacial score (nSPS) is 10.9. The first kappa shape index (κ1) is 15.7. The molecule has 0 aliphatic rings. The molecule has 0 bridgehead atoms. The quantitative estimate of drug-likeness (QED) is 0.714. The van der Waals surface area contributed by atoms with Crippen LogP contribution in [0.25, 0.3) is 10.4 Å². The van der Waals surface area contributed by atoms with Crippen molar-refractivity contribution in [3.8, 4) is 10.4 Å². The minimum atomic E-state index is 0.0848. The van der Waals surface area contributed by atoms with Crippen molar-refractivity contribution in [1.82, 2.24) is 5.32 Å². The summed E-state index contributed by atoms with van der Waals surface area (Å²) in [4.78, 5) is 2.59. The average Bonchev–Trinajstić information content (AvgIpc) is 2.92. The Kier molecular flexibility index (Phi) is 6.69. The van der Waals surface area contributed by atoms with E-state index in [0.717, 1.165) is 17.6 Å². The molecule has 3 nitrogen and oxygen atoms in total. The van der Waals surface area contributed by atoms with Gasteiger partial charge in [0.15, 0.2) is 0 Å². The summed E-state index contributed by atoms with van der Waals surface area (Å²) in [7, 11) is 0. The number of aliphatic hydroxyl groups is 1. The highest BCUT2D eigenvalue weighted by Crippen LogP contribution is 2.28. The van der Waals surface area contributed by atoms with Gasteiger partial charge in [-0.15, -0.1) is 11.3 Å². The Morgan fingerprint density at radius 3 is 2.65 bits per heavy atom. The fourth-order valence-corrected chi connectivity index (χ4v) is 3.01. The Morgan fingerprint density at radius 1 is 1.10 bits per heavy atom. The minimum absolute atomic E-state index is 0.0848. The van der Waals surface area contributed by atoms with Gasteiger partial charge in [0.25, 0.3) is 0 Å². The van der Waals surface area contributed by atoms with E-state index in [0.29, 0.717) is 13.2 Å². The number of rotatable bonds is 8. The molecule has 0 amide bonds. The molecule has 5 heteroatoms. The lowest BCUT2D eigenvalue weighted by Crippen LogP contribution is -2.19. The van der Waals surface area contributed by atoms with E-state index in [1.165, 1.54) is 15.3 Å². The molecule has 108 valence electrons. The predicted molar refractivity (Wildman–Crippen MR) is 87.1 cm³/mol. The molecule has 0 unspecified atom stereocenters. The summed E-state index contributed by atoms with van der Waals surface area (Å²) >= 11 is 5.25. The molecular formula is C15H18BrNO2S. The van der Waals surface area contributed by atoms with Gasteiger partial charge in [0.1, 0.15) is 0 Å². The first-order valence-electron chi connectivity index (χ1n) is 6.53. The van der Waals surface area contributed by atoms with Gasteiger partial charge in [-0.2, -0.15) is 0 Å². The molecule has 0 fully saturated rings. The second kappa shape index (κ2) is 8.54. The second-order valence-corrected chi connectivity index (χ2v) is 6.37. The Bertz CT molecular complexity index is 513. The third kappa shape index (κ3) is 5.00. The van der Waals surface area contributed by atoms with Crippen molar-refractivity contribution in [2.24, 2.45) is 0 Å². The van der Waals surface area contributed by atoms with Gasteiger partial charge in [0.05, 0.1) is 19.8 Å². The maximum absolute atomic E-state index is 8.58. The number of benzene rings is 1. The second-order valence-electron chi connectivity index (χ2n) is 4.29. The third-order valence-electron chi connectivity index (χ3n) is 2.75. The summed E-state index contributed by atoms with van der Waals surface area (Å²) in [5.41, 5.74) is 1.25. The molecule has 0 aliphatic carbocycles. The molecule has 0 spiro atoms. The van der Waals surface area contributed by atoms with E-state index in [9.17, 15) is 0 Å². The summed E-state index contributed by atoms with van der Waals surface area (Å²) in [5.74, 6) is 0. The van der Waals surface area contributed by atoms with Crippen molar-refractivity contribution < 1.29 is 9.84 Å². The number of hydrogen-bond donors (Lipinski definition) is 2. The standard InChI is InChI=1S/C15H18BrNO2S/c16-13-3-1-12(2-4-13)15-6-5-14(20-15)11-17-7-9-19-10-8-18/h1-6,17-18H,7-11H2. The van der Waals surface area contributed by atoms with Crippen molar-refractivity contribution in [2.75, 3.05) is 26.4 Å². The summed E-state index contributed by atoms with van der Waals surface area (Å²) < 4.78 is 6.29. The van der Waals surface area contributed by atoms with E-state index in [1.54, 1.807) is 11.3 Å². The first-order chi connectivity index (χ1) is 9.79. The van der Waals surface area contributed by atoms with Gasteiger partial charge in [-0.05, 0) is 29.8 Å². The molecule has 0 radical (unpaired) electrons. The molecule has 2 aromatic rings. The molecule has 1 heterocycles. The molecule has 2 rings (SSSR count). The molecule has 0 aliphatic heterocycles. The number of nitrogens with one attached hydrogen (secondary N) is 1. The van der Waals surface area contributed by atoms with Gasteiger partial charge in [0, 0.05) is 27.3 Å². The summed E-state index contributed by atoms with van der Waals surface area (Å²) in [6.07, 6.45) is 0. The fraction of sp³-hybridized carbons (Fsp3) is 0.333. The number of hydrogen-bond acceptors (Lipinski definition) is 4. The highest BCUT2D eigenvalue weighted by molar-refractivity contribution is 9.10. The third-order valence-corrected chi connectivity index (χ3v) is 4.41. The van der Waals surface area contributed by atoms with Crippen molar-refractivity contribution >= 4 is 27.3 Å². The highest BCUT2D eigenvalue weighted by Gasteiger charge is 2.02. The lowest BCUT2D eigenvalue weighted by atomic mass is 10.2. The monoisotopic (exact) mass is 355 g/mol. The molecule has 2 N–H and O–H groups in total. The Balaban J connectivity index is 1.79. The summed E-state index contributed by atoms with van der Waals surface area (Å²) in [6.45, 7) is 2.77. The lowest BCUT2D eigenvalue weighted by Gasteiger charge is -2.03. The number of thiophene rings is 1. The van der Waals surface area contributed by atoms with Gasteiger partial charge >= 0.3 is 0 Å². The van der Waals surface area contributed by atoms with Crippen molar-refractivity contribution in [3.05, 3.63) is 45.7 Å². The molecule has 1 aromatic carbocycles. The van der Waals surface area contributed by atoms with Crippen molar-refractivity contribution in [1.29, 1.82) is 0 Å². The van der Waals surface area contributed by atoms with Gasteiger partial charge in [0.2, 0.25) is 0 Å². The van der Waals surface area contributed by atoms with Gasteiger partial charge in [-0.1, -0.05) is 28.1 Å². The smallest absolute Gasteiger partial charge is 0.0698 e. The fourth-order valence-electron chi connectivity index (χ4n) is 1.76. The van der Waals surface area contributed by atoms with E-state index in [4.69, 9.17) is 9.84 Å². The van der Waals surface area contributed by atoms with Crippen LogP contribution in [0.3, 0.4) is 0 Å². The Morgan fingerprint density at radius 2 is 1.90 bits per heavy atom. The first-order valence-corrected chi connectivity index (χ1v) is 8.14. The van der Waals surface area contributed by atoms with Crippen LogP contribution in [0.1, 0.15) is 4.88 Å². The zero-order chi connectivity index (χ0) is 14.2. The van der Waals surface area contributed by atoms with Crippen molar-refractivity contribution in [3.63, 3.8) is 0 Å². The van der Waals surface area contributed by atoms with Crippen LogP contribution in [-0.2, 0) is 11.3 Å². The van der Waals surface area contributed by atoms with Gasteiger partial charge < -0.3 is 15.2 Å². The Hall–Kier alpha value is -0.720. The summed E-state index contributed by atoms with van der Waals surface area (Å²) in [6, 6.07) is 12.7. The maximum Gasteiger partial charge on any atom is 0.0698 e. The van der Waals surface area contributed by atoms with Crippen LogP contribution >= 0.6 is 27.3 Å². The van der Waals surface area contributed by atoms with Crippen LogP contribution in [0.15, 0.2) is 40.9 Å². The molecule has 20 heavy (non-hydrogen) atoms. The highest BCUT2D eigenvalue weighted by atomic mass is 79.9. The molecule has 0 saturated heterocycles. The zero-order valence-electron chi connectivity index (χ0n) is 11.1. The number of ether oxygens (including phenoxy) is 1. The summed E-state index contributed by atoms with van der Waals surface area (Å²) in [5, 5.41) is 11.9. The largest absolute Gasteiger partial charge is 0.394 e. The number of halogens is 1. The molecule has 1 aromatic heterocycles. The Labute approximate surface area is 131 Å². The lowest BCUT2D eigenvalue weighted by molar-refractivity contribution is 0.0938. The molecular weight excluding hydrogens is 338 g/mol. The number of aliphatic hydroxyl groups excluding tert-OH is 1. The van der Waals surface area contributed by atoms with Crippen LogP contribution in [0, 0.1) is 0 Å². The zero-order valence-corrected chi connectivity index (χ0v) is 13.5. The van der Waals surface area contributed by atoms with Crippen LogP contribution in [0.5, 0.6) is 0 Å². The van der Waals surface area contributed by atoms with E-state index >= 15 is 0 Å². The van der Waals surface area contributed by atoms with E-state index in [-0.39, 0.29) is 6.61 Å². The maximum atomic E-state index is 8.58. The topological polar surface area (TPSA) is 41.5 Å². The van der Waals surface area contributed by atoms with Crippen LogP contribution in [-0.4, -0.2) is 31.5 Å². The van der Waals surface area contributed by atoms with Crippen molar-refractivity contribution in [2.45, 2.75) is 6.54 Å². The predicted octanol–water partition coefficient (Wildman–Crippen LogP) is 3.28. The average molecular weight is 356 g/mol. The van der Waals surface area contributed by atoms with Gasteiger partial charge in [-0.25, -0.2) is 0 Å². The molecule has 0 saturated carbocycles. The van der Waals surface area contributed by atoms with Gasteiger partial charge in [-0.3, -0.25) is 0 Å².